The summed E-state index contributed by atoms with van der Waals surface area (Å²) in [6.45, 7) is 6.18. The Morgan fingerprint density at radius 3 is 2.79 bits per heavy atom. The van der Waals surface area contributed by atoms with Gasteiger partial charge in [0.15, 0.2) is 0 Å². The number of nitrogens with one attached hydrogen (secondary N) is 1. The maximum Gasteiger partial charge on any atom is 0.0647 e. The summed E-state index contributed by atoms with van der Waals surface area (Å²) in [6, 6.07) is 0. The fraction of sp³-hybridized carbons (Fsp3) is 1.00. The molecule has 1 aliphatic heterocycles. The molecule has 2 atom stereocenters. The van der Waals surface area contributed by atoms with Gasteiger partial charge in [0.05, 0.1) is 11.7 Å². The lowest BCUT2D eigenvalue weighted by Crippen LogP contribution is -2.34. The second-order valence-corrected chi connectivity index (χ2v) is 4.68. The van der Waals surface area contributed by atoms with E-state index in [9.17, 15) is 0 Å². The van der Waals surface area contributed by atoms with Gasteiger partial charge in [0.2, 0.25) is 0 Å². The monoisotopic (exact) mass is 201 g/mol. The Morgan fingerprint density at radius 1 is 1.50 bits per heavy atom. The zero-order chi connectivity index (χ0) is 10.6. The van der Waals surface area contributed by atoms with Gasteiger partial charge in [0.25, 0.3) is 0 Å². The van der Waals surface area contributed by atoms with E-state index in [1.54, 1.807) is 7.11 Å². The quantitative estimate of drug-likeness (QED) is 0.730. The first-order valence-corrected chi connectivity index (χ1v) is 5.40. The van der Waals surface area contributed by atoms with Crippen LogP contribution < -0.4 is 5.32 Å². The minimum atomic E-state index is -0.0685. The molecule has 14 heavy (non-hydrogen) atoms. The summed E-state index contributed by atoms with van der Waals surface area (Å²) >= 11 is 0. The van der Waals surface area contributed by atoms with Gasteiger partial charge < -0.3 is 14.8 Å². The van der Waals surface area contributed by atoms with Crippen LogP contribution in [0.1, 0.15) is 26.7 Å². The minimum Gasteiger partial charge on any atom is -0.379 e. The van der Waals surface area contributed by atoms with Crippen molar-refractivity contribution in [1.29, 1.82) is 0 Å². The summed E-state index contributed by atoms with van der Waals surface area (Å²) in [5, 5.41) is 3.22. The van der Waals surface area contributed by atoms with Crippen molar-refractivity contribution in [2.45, 2.75) is 38.4 Å². The number of hydrogen-bond donors (Lipinski definition) is 1. The van der Waals surface area contributed by atoms with E-state index in [1.807, 2.05) is 7.05 Å². The molecule has 1 aliphatic rings. The van der Waals surface area contributed by atoms with E-state index in [4.69, 9.17) is 9.47 Å². The van der Waals surface area contributed by atoms with Gasteiger partial charge in [-0.05, 0) is 33.2 Å². The van der Waals surface area contributed by atoms with E-state index in [-0.39, 0.29) is 5.60 Å². The lowest BCUT2D eigenvalue weighted by molar-refractivity contribution is -0.0346. The first kappa shape index (κ1) is 12.0. The molecule has 1 saturated heterocycles. The van der Waals surface area contributed by atoms with E-state index < -0.39 is 0 Å². The molecule has 2 unspecified atom stereocenters. The molecule has 84 valence electrons. The Kier molecular flexibility index (Phi) is 4.35. The van der Waals surface area contributed by atoms with Crippen molar-refractivity contribution in [2.24, 2.45) is 5.92 Å². The summed E-state index contributed by atoms with van der Waals surface area (Å²) < 4.78 is 11.2. The van der Waals surface area contributed by atoms with E-state index in [2.05, 4.69) is 19.2 Å². The van der Waals surface area contributed by atoms with Gasteiger partial charge in [-0.25, -0.2) is 0 Å². The van der Waals surface area contributed by atoms with Crippen LogP contribution in [0, 0.1) is 5.92 Å². The highest BCUT2D eigenvalue weighted by atomic mass is 16.5. The molecule has 0 amide bonds. The molecule has 0 radical (unpaired) electrons. The van der Waals surface area contributed by atoms with Crippen molar-refractivity contribution in [2.75, 3.05) is 27.3 Å². The first-order valence-electron chi connectivity index (χ1n) is 5.40. The second kappa shape index (κ2) is 5.10. The summed E-state index contributed by atoms with van der Waals surface area (Å²) in [7, 11) is 3.76. The molecule has 0 saturated carbocycles. The normalized spacial score (nSPS) is 28.3. The smallest absolute Gasteiger partial charge is 0.0647 e. The molecule has 0 aromatic carbocycles. The zero-order valence-corrected chi connectivity index (χ0v) is 9.80. The largest absolute Gasteiger partial charge is 0.379 e. The Hall–Kier alpha value is -0.120. The first-order chi connectivity index (χ1) is 6.59. The number of hydrogen-bond acceptors (Lipinski definition) is 3. The van der Waals surface area contributed by atoms with Crippen LogP contribution in [0.4, 0.5) is 0 Å². The van der Waals surface area contributed by atoms with Gasteiger partial charge in [-0.2, -0.15) is 0 Å². The van der Waals surface area contributed by atoms with Crippen molar-refractivity contribution in [3.63, 3.8) is 0 Å². The van der Waals surface area contributed by atoms with Gasteiger partial charge in [0, 0.05) is 26.7 Å². The molecule has 0 bridgehead atoms. The average molecular weight is 201 g/mol. The molecule has 0 aromatic heterocycles. The highest BCUT2D eigenvalue weighted by Gasteiger charge is 2.32. The number of rotatable bonds is 5. The van der Waals surface area contributed by atoms with Crippen molar-refractivity contribution in [3.05, 3.63) is 0 Å². The van der Waals surface area contributed by atoms with Crippen molar-refractivity contribution < 1.29 is 9.47 Å². The third kappa shape index (κ3) is 3.23. The highest BCUT2D eigenvalue weighted by Crippen LogP contribution is 2.28. The fourth-order valence-corrected chi connectivity index (χ4v) is 1.98. The summed E-state index contributed by atoms with van der Waals surface area (Å²) in [5.74, 6) is 0.648. The number of methoxy groups -OCH3 is 1. The lowest BCUT2D eigenvalue weighted by atomic mass is 9.91. The fourth-order valence-electron chi connectivity index (χ4n) is 1.98. The summed E-state index contributed by atoms with van der Waals surface area (Å²) in [6.07, 6.45) is 2.51. The minimum absolute atomic E-state index is 0.0685. The summed E-state index contributed by atoms with van der Waals surface area (Å²) in [4.78, 5) is 0. The third-order valence-corrected chi connectivity index (χ3v) is 3.06. The van der Waals surface area contributed by atoms with Crippen LogP contribution >= 0.6 is 0 Å². The molecular weight excluding hydrogens is 178 g/mol. The van der Waals surface area contributed by atoms with Crippen molar-refractivity contribution in [3.8, 4) is 0 Å². The molecule has 3 nitrogen and oxygen atoms in total. The predicted molar refractivity (Wildman–Crippen MR) is 57.5 cm³/mol. The maximum atomic E-state index is 5.74. The SMILES string of the molecule is CNCC1CCOC1CC(C)(C)OC. The van der Waals surface area contributed by atoms with Crippen LogP contribution in [0.15, 0.2) is 0 Å². The van der Waals surface area contributed by atoms with Gasteiger partial charge in [-0.3, -0.25) is 0 Å². The molecule has 0 aliphatic carbocycles. The highest BCUT2D eigenvalue weighted by molar-refractivity contribution is 4.83. The van der Waals surface area contributed by atoms with Gasteiger partial charge >= 0.3 is 0 Å². The molecular formula is C11H23NO2. The Morgan fingerprint density at radius 2 is 2.21 bits per heavy atom. The van der Waals surface area contributed by atoms with Crippen LogP contribution in [-0.2, 0) is 9.47 Å². The molecule has 1 rings (SSSR count). The van der Waals surface area contributed by atoms with Crippen LogP contribution in [0.5, 0.6) is 0 Å². The van der Waals surface area contributed by atoms with E-state index in [0.717, 1.165) is 19.6 Å². The molecule has 1 fully saturated rings. The van der Waals surface area contributed by atoms with Crippen LogP contribution in [0.25, 0.3) is 0 Å². The van der Waals surface area contributed by atoms with Gasteiger partial charge in [-0.15, -0.1) is 0 Å². The predicted octanol–water partition coefficient (Wildman–Crippen LogP) is 1.43. The Labute approximate surface area is 87.2 Å². The topological polar surface area (TPSA) is 30.5 Å². The lowest BCUT2D eigenvalue weighted by Gasteiger charge is -2.28. The van der Waals surface area contributed by atoms with E-state index >= 15 is 0 Å². The van der Waals surface area contributed by atoms with Gasteiger partial charge in [-0.1, -0.05) is 0 Å². The molecule has 1 heterocycles. The molecule has 1 N–H and O–H groups in total. The Balaban J connectivity index is 2.42. The Bertz CT molecular complexity index is 171. The van der Waals surface area contributed by atoms with Crippen molar-refractivity contribution >= 4 is 0 Å². The molecule has 0 spiro atoms. The standard InChI is InChI=1S/C11H23NO2/c1-11(2,13-4)7-10-9(8-12-3)5-6-14-10/h9-10,12H,5-8H2,1-4H3. The summed E-state index contributed by atoms with van der Waals surface area (Å²) in [5.41, 5.74) is -0.0685. The number of ether oxygens (including phenoxy) is 2. The van der Waals surface area contributed by atoms with Crippen LogP contribution in [0.2, 0.25) is 0 Å². The van der Waals surface area contributed by atoms with Crippen LogP contribution in [0.3, 0.4) is 0 Å². The van der Waals surface area contributed by atoms with Gasteiger partial charge in [0.1, 0.15) is 0 Å². The van der Waals surface area contributed by atoms with E-state index in [1.165, 1.54) is 6.42 Å². The molecule has 0 aromatic rings. The molecule has 3 heteroatoms. The third-order valence-electron chi connectivity index (χ3n) is 3.06. The zero-order valence-electron chi connectivity index (χ0n) is 9.80. The van der Waals surface area contributed by atoms with E-state index in [0.29, 0.717) is 12.0 Å². The van der Waals surface area contributed by atoms with Crippen molar-refractivity contribution in [1.82, 2.24) is 5.32 Å². The maximum absolute atomic E-state index is 5.74. The average Bonchev–Trinajstić information content (AvgIpc) is 2.53. The van der Waals surface area contributed by atoms with Crippen LogP contribution in [-0.4, -0.2) is 39.0 Å². The second-order valence-electron chi connectivity index (χ2n) is 4.68.